The van der Waals surface area contributed by atoms with Gasteiger partial charge in [0.2, 0.25) is 0 Å². The summed E-state index contributed by atoms with van der Waals surface area (Å²) in [6.07, 6.45) is 3.65. The SMILES string of the molecule is COc1ccc(C)cc1NC(=S)N(Cc1cccnc1)Cc1cccc(C)c1. The first-order valence-corrected chi connectivity index (χ1v) is 9.61. The molecule has 0 unspecified atom stereocenters. The largest absolute Gasteiger partial charge is 0.495 e. The van der Waals surface area contributed by atoms with Crippen LogP contribution in [0, 0.1) is 13.8 Å². The second-order valence-corrected chi connectivity index (χ2v) is 7.23. The zero-order chi connectivity index (χ0) is 19.9. The van der Waals surface area contributed by atoms with Crippen molar-refractivity contribution in [1.29, 1.82) is 0 Å². The van der Waals surface area contributed by atoms with Crippen molar-refractivity contribution in [3.05, 3.63) is 89.2 Å². The maximum Gasteiger partial charge on any atom is 0.174 e. The van der Waals surface area contributed by atoms with Crippen LogP contribution in [0.1, 0.15) is 22.3 Å². The summed E-state index contributed by atoms with van der Waals surface area (Å²) in [6, 6.07) is 18.5. The lowest BCUT2D eigenvalue weighted by Gasteiger charge is -2.27. The Morgan fingerprint density at radius 3 is 2.46 bits per heavy atom. The van der Waals surface area contributed by atoms with Crippen LogP contribution in [0.15, 0.2) is 67.0 Å². The highest BCUT2D eigenvalue weighted by molar-refractivity contribution is 7.80. The molecule has 0 saturated carbocycles. The van der Waals surface area contributed by atoms with E-state index in [1.165, 1.54) is 11.1 Å². The smallest absolute Gasteiger partial charge is 0.174 e. The van der Waals surface area contributed by atoms with Crippen LogP contribution in [0.3, 0.4) is 0 Å². The highest BCUT2D eigenvalue weighted by Crippen LogP contribution is 2.26. The summed E-state index contributed by atoms with van der Waals surface area (Å²) >= 11 is 5.78. The molecule has 0 radical (unpaired) electrons. The fourth-order valence-corrected chi connectivity index (χ4v) is 3.30. The van der Waals surface area contributed by atoms with Gasteiger partial charge in [-0.1, -0.05) is 42.0 Å². The highest BCUT2D eigenvalue weighted by atomic mass is 32.1. The lowest BCUT2D eigenvalue weighted by atomic mass is 10.1. The standard InChI is InChI=1S/C23H25N3OS/c1-17-6-4-7-19(12-17)15-26(16-20-8-5-11-24-14-20)23(28)25-21-13-18(2)9-10-22(21)27-3/h4-14H,15-16H2,1-3H3,(H,25,28). The van der Waals surface area contributed by atoms with E-state index < -0.39 is 0 Å². The van der Waals surface area contributed by atoms with Gasteiger partial charge in [0, 0.05) is 25.5 Å². The summed E-state index contributed by atoms with van der Waals surface area (Å²) in [7, 11) is 1.67. The van der Waals surface area contributed by atoms with Gasteiger partial charge in [0.1, 0.15) is 5.75 Å². The van der Waals surface area contributed by atoms with Crippen molar-refractivity contribution in [3.8, 4) is 5.75 Å². The minimum absolute atomic E-state index is 0.647. The first-order chi connectivity index (χ1) is 13.5. The van der Waals surface area contributed by atoms with E-state index in [9.17, 15) is 0 Å². The molecular weight excluding hydrogens is 366 g/mol. The monoisotopic (exact) mass is 391 g/mol. The van der Waals surface area contributed by atoms with E-state index in [2.05, 4.69) is 52.5 Å². The Bertz CT molecular complexity index is 944. The Hall–Kier alpha value is -2.92. The number of ether oxygens (including phenoxy) is 1. The number of benzene rings is 2. The molecule has 3 aromatic rings. The van der Waals surface area contributed by atoms with E-state index in [1.807, 2.05) is 37.4 Å². The molecule has 1 aromatic heterocycles. The number of thiocarbonyl (C=S) groups is 1. The number of hydrogen-bond acceptors (Lipinski definition) is 3. The van der Waals surface area contributed by atoms with Gasteiger partial charge in [-0.25, -0.2) is 0 Å². The molecule has 1 heterocycles. The van der Waals surface area contributed by atoms with Crippen LogP contribution in [0.2, 0.25) is 0 Å². The van der Waals surface area contributed by atoms with Crippen molar-refractivity contribution < 1.29 is 4.74 Å². The number of aromatic nitrogens is 1. The second-order valence-electron chi connectivity index (χ2n) is 6.84. The minimum Gasteiger partial charge on any atom is -0.495 e. The third kappa shape index (κ3) is 5.30. The molecule has 0 fully saturated rings. The molecule has 3 rings (SSSR count). The molecular formula is C23H25N3OS. The number of nitrogens with one attached hydrogen (secondary N) is 1. The summed E-state index contributed by atoms with van der Waals surface area (Å²) in [5, 5.41) is 4.02. The first kappa shape index (κ1) is 19.8. The number of anilines is 1. The van der Waals surface area contributed by atoms with Crippen LogP contribution in [-0.2, 0) is 13.1 Å². The van der Waals surface area contributed by atoms with E-state index in [4.69, 9.17) is 17.0 Å². The van der Waals surface area contributed by atoms with E-state index >= 15 is 0 Å². The van der Waals surface area contributed by atoms with Gasteiger partial charge in [-0.15, -0.1) is 0 Å². The van der Waals surface area contributed by atoms with Gasteiger partial charge in [0.05, 0.1) is 12.8 Å². The fraction of sp³-hybridized carbons (Fsp3) is 0.217. The van der Waals surface area contributed by atoms with Gasteiger partial charge >= 0.3 is 0 Å². The predicted octanol–water partition coefficient (Wildman–Crippen LogP) is 5.11. The summed E-state index contributed by atoms with van der Waals surface area (Å²) < 4.78 is 5.48. The van der Waals surface area contributed by atoms with Gasteiger partial charge in [-0.05, 0) is 61.0 Å². The zero-order valence-corrected chi connectivity index (χ0v) is 17.3. The molecule has 0 amide bonds. The number of rotatable bonds is 6. The Kier molecular flexibility index (Phi) is 6.61. The van der Waals surface area contributed by atoms with Crippen molar-refractivity contribution in [3.63, 3.8) is 0 Å². The van der Waals surface area contributed by atoms with Crippen molar-refractivity contribution in [2.24, 2.45) is 0 Å². The Morgan fingerprint density at radius 1 is 1.00 bits per heavy atom. The minimum atomic E-state index is 0.647. The zero-order valence-electron chi connectivity index (χ0n) is 16.5. The number of methoxy groups -OCH3 is 1. The molecule has 0 saturated heterocycles. The molecule has 0 atom stereocenters. The molecule has 28 heavy (non-hydrogen) atoms. The van der Waals surface area contributed by atoms with E-state index in [0.717, 1.165) is 22.6 Å². The molecule has 0 bridgehead atoms. The van der Waals surface area contributed by atoms with Gasteiger partial charge in [-0.3, -0.25) is 4.98 Å². The molecule has 0 aliphatic carbocycles. The van der Waals surface area contributed by atoms with Gasteiger partial charge in [-0.2, -0.15) is 0 Å². The third-order valence-electron chi connectivity index (χ3n) is 4.44. The first-order valence-electron chi connectivity index (χ1n) is 9.20. The Labute approximate surface area is 172 Å². The maximum atomic E-state index is 5.78. The van der Waals surface area contributed by atoms with Crippen LogP contribution in [-0.4, -0.2) is 22.1 Å². The van der Waals surface area contributed by atoms with Crippen LogP contribution < -0.4 is 10.1 Å². The molecule has 0 aliphatic heterocycles. The van der Waals surface area contributed by atoms with Gasteiger partial charge in [0.15, 0.2) is 5.11 Å². The molecule has 5 heteroatoms. The normalized spacial score (nSPS) is 10.4. The molecule has 144 valence electrons. The second kappa shape index (κ2) is 9.33. The quantitative estimate of drug-likeness (QED) is 0.591. The fourth-order valence-electron chi connectivity index (χ4n) is 3.06. The van der Waals surface area contributed by atoms with E-state index in [-0.39, 0.29) is 0 Å². The average molecular weight is 392 g/mol. The molecule has 0 spiro atoms. The highest BCUT2D eigenvalue weighted by Gasteiger charge is 2.14. The Morgan fingerprint density at radius 2 is 1.75 bits per heavy atom. The van der Waals surface area contributed by atoms with Crippen LogP contribution >= 0.6 is 12.2 Å². The lowest BCUT2D eigenvalue weighted by Crippen LogP contribution is -2.34. The molecule has 4 nitrogen and oxygen atoms in total. The van der Waals surface area contributed by atoms with Crippen molar-refractivity contribution in [2.45, 2.75) is 26.9 Å². The number of nitrogens with zero attached hydrogens (tertiary/aromatic N) is 2. The van der Waals surface area contributed by atoms with Crippen molar-refractivity contribution in [1.82, 2.24) is 9.88 Å². The van der Waals surface area contributed by atoms with Crippen LogP contribution in [0.5, 0.6) is 5.75 Å². The summed E-state index contributed by atoms with van der Waals surface area (Å²) in [5.74, 6) is 0.768. The molecule has 2 aromatic carbocycles. The number of aryl methyl sites for hydroxylation is 2. The van der Waals surface area contributed by atoms with Crippen molar-refractivity contribution >= 4 is 23.0 Å². The molecule has 1 N–H and O–H groups in total. The topological polar surface area (TPSA) is 37.4 Å². The van der Waals surface area contributed by atoms with Gasteiger partial charge < -0.3 is 15.0 Å². The van der Waals surface area contributed by atoms with Crippen LogP contribution in [0.4, 0.5) is 5.69 Å². The van der Waals surface area contributed by atoms with Gasteiger partial charge in [0.25, 0.3) is 0 Å². The third-order valence-corrected chi connectivity index (χ3v) is 4.80. The Balaban J connectivity index is 1.84. The maximum absolute atomic E-state index is 5.78. The summed E-state index contributed by atoms with van der Waals surface area (Å²) in [5.41, 5.74) is 5.56. The predicted molar refractivity (Wildman–Crippen MR) is 119 cm³/mol. The van der Waals surface area contributed by atoms with E-state index in [0.29, 0.717) is 18.2 Å². The molecule has 0 aliphatic rings. The summed E-state index contributed by atoms with van der Waals surface area (Å²) in [6.45, 7) is 5.52. The van der Waals surface area contributed by atoms with E-state index in [1.54, 1.807) is 13.3 Å². The number of hydrogen-bond donors (Lipinski definition) is 1. The number of pyridine rings is 1. The average Bonchev–Trinajstić information content (AvgIpc) is 2.68. The van der Waals surface area contributed by atoms with Crippen LogP contribution in [0.25, 0.3) is 0 Å². The van der Waals surface area contributed by atoms with Crippen molar-refractivity contribution in [2.75, 3.05) is 12.4 Å². The lowest BCUT2D eigenvalue weighted by molar-refractivity contribution is 0.408. The summed E-state index contributed by atoms with van der Waals surface area (Å²) in [4.78, 5) is 6.37.